The molecule has 22 heavy (non-hydrogen) atoms. The molecule has 0 radical (unpaired) electrons. The summed E-state index contributed by atoms with van der Waals surface area (Å²) in [6.45, 7) is 4.84. The quantitative estimate of drug-likeness (QED) is 0.631. The van der Waals surface area contributed by atoms with E-state index >= 15 is 0 Å². The van der Waals surface area contributed by atoms with Crippen LogP contribution in [0.4, 0.5) is 5.13 Å². The van der Waals surface area contributed by atoms with Crippen molar-refractivity contribution >= 4 is 44.2 Å². The van der Waals surface area contributed by atoms with Gasteiger partial charge in [-0.3, -0.25) is 4.79 Å². The summed E-state index contributed by atoms with van der Waals surface area (Å²) in [5, 5.41) is 11.6. The van der Waals surface area contributed by atoms with Gasteiger partial charge in [0.25, 0.3) is 0 Å². The number of rotatable bonds is 5. The Morgan fingerprint density at radius 1 is 1.45 bits per heavy atom. The summed E-state index contributed by atoms with van der Waals surface area (Å²) in [6, 6.07) is 0. The van der Waals surface area contributed by atoms with E-state index in [0.717, 1.165) is 4.34 Å². The van der Waals surface area contributed by atoms with E-state index in [4.69, 9.17) is 0 Å². The van der Waals surface area contributed by atoms with Gasteiger partial charge in [-0.05, 0) is 12.8 Å². The lowest BCUT2D eigenvalue weighted by Crippen LogP contribution is -2.43. The first-order chi connectivity index (χ1) is 10.3. The lowest BCUT2D eigenvalue weighted by molar-refractivity contribution is -0.120. The predicted molar refractivity (Wildman–Crippen MR) is 88.7 cm³/mol. The van der Waals surface area contributed by atoms with E-state index in [2.05, 4.69) is 29.4 Å². The lowest BCUT2D eigenvalue weighted by atomic mass is 9.99. The highest BCUT2D eigenvalue weighted by Gasteiger charge is 2.30. The van der Waals surface area contributed by atoms with Gasteiger partial charge in [0, 0.05) is 18.3 Å². The molecule has 1 aromatic rings. The number of aromatic nitrogens is 2. The molecule has 0 aliphatic carbocycles. The molecule has 1 aromatic heterocycles. The number of thioether (sulfide) groups is 1. The van der Waals surface area contributed by atoms with Crippen molar-refractivity contribution in [3.05, 3.63) is 0 Å². The zero-order chi connectivity index (χ0) is 16.3. The monoisotopic (exact) mass is 364 g/mol. The SMILES string of the molecule is CC(C)Sc1nnc(NC(=O)C2CCCN(S(C)(=O)=O)C2)s1. The van der Waals surface area contributed by atoms with Gasteiger partial charge in [-0.25, -0.2) is 12.7 Å². The zero-order valence-electron chi connectivity index (χ0n) is 12.8. The molecule has 1 N–H and O–H groups in total. The fourth-order valence-corrected chi connectivity index (χ4v) is 5.06. The Balaban J connectivity index is 1.95. The molecule has 1 atom stereocenters. The molecule has 0 bridgehead atoms. The molecule has 124 valence electrons. The number of amides is 1. The average molecular weight is 365 g/mol. The minimum absolute atomic E-state index is 0.189. The standard InChI is InChI=1S/C12H20N4O3S3/c1-8(2)20-12-15-14-11(21-12)13-10(17)9-5-4-6-16(7-9)22(3,18)19/h8-9H,4-7H2,1-3H3,(H,13,14,17). The fourth-order valence-electron chi connectivity index (χ4n) is 2.17. The number of carbonyl (C=O) groups excluding carboxylic acids is 1. The molecule has 1 amide bonds. The fraction of sp³-hybridized carbons (Fsp3) is 0.750. The van der Waals surface area contributed by atoms with Crippen LogP contribution in [0.1, 0.15) is 26.7 Å². The first-order valence-corrected chi connectivity index (χ1v) is 10.6. The molecule has 2 heterocycles. The first-order valence-electron chi connectivity index (χ1n) is 7.02. The molecule has 1 aliphatic heterocycles. The molecule has 10 heteroatoms. The smallest absolute Gasteiger partial charge is 0.230 e. The summed E-state index contributed by atoms with van der Waals surface area (Å²) in [5.41, 5.74) is 0. The summed E-state index contributed by atoms with van der Waals surface area (Å²) in [4.78, 5) is 12.3. The van der Waals surface area contributed by atoms with Crippen LogP contribution in [0.25, 0.3) is 0 Å². The number of carbonyl (C=O) groups is 1. The van der Waals surface area contributed by atoms with Crippen molar-refractivity contribution in [2.24, 2.45) is 5.92 Å². The molecule has 0 spiro atoms. The molecule has 1 saturated heterocycles. The van der Waals surface area contributed by atoms with Crippen LogP contribution in [-0.4, -0.2) is 53.4 Å². The highest BCUT2D eigenvalue weighted by molar-refractivity contribution is 8.01. The lowest BCUT2D eigenvalue weighted by Gasteiger charge is -2.29. The highest BCUT2D eigenvalue weighted by atomic mass is 32.2. The number of sulfonamides is 1. The summed E-state index contributed by atoms with van der Waals surface area (Å²) in [7, 11) is -3.25. The van der Waals surface area contributed by atoms with E-state index in [1.807, 2.05) is 0 Å². The van der Waals surface area contributed by atoms with Crippen LogP contribution >= 0.6 is 23.1 Å². The van der Waals surface area contributed by atoms with Crippen molar-refractivity contribution in [3.63, 3.8) is 0 Å². The van der Waals surface area contributed by atoms with Crippen LogP contribution in [0.3, 0.4) is 0 Å². The minimum atomic E-state index is -3.25. The Morgan fingerprint density at radius 2 is 2.18 bits per heavy atom. The summed E-state index contributed by atoms with van der Waals surface area (Å²) in [6.07, 6.45) is 2.55. The number of hydrogen-bond acceptors (Lipinski definition) is 7. The molecule has 1 aliphatic rings. The number of nitrogens with one attached hydrogen (secondary N) is 1. The molecular weight excluding hydrogens is 344 g/mol. The average Bonchev–Trinajstić information content (AvgIpc) is 2.84. The second-order valence-electron chi connectivity index (χ2n) is 5.49. The van der Waals surface area contributed by atoms with Crippen LogP contribution in [0.2, 0.25) is 0 Å². The van der Waals surface area contributed by atoms with E-state index in [9.17, 15) is 13.2 Å². The van der Waals surface area contributed by atoms with E-state index < -0.39 is 10.0 Å². The molecular formula is C12H20N4O3S3. The second-order valence-corrected chi connectivity index (χ2v) is 10.3. The van der Waals surface area contributed by atoms with E-state index in [-0.39, 0.29) is 18.4 Å². The topological polar surface area (TPSA) is 92.3 Å². The molecule has 7 nitrogen and oxygen atoms in total. The van der Waals surface area contributed by atoms with Crippen molar-refractivity contribution < 1.29 is 13.2 Å². The zero-order valence-corrected chi connectivity index (χ0v) is 15.2. The Morgan fingerprint density at radius 3 is 2.82 bits per heavy atom. The van der Waals surface area contributed by atoms with Crippen LogP contribution in [0, 0.1) is 5.92 Å². The number of hydrogen-bond donors (Lipinski definition) is 1. The van der Waals surface area contributed by atoms with E-state index in [1.165, 1.54) is 21.9 Å². The van der Waals surface area contributed by atoms with Gasteiger partial charge in [-0.1, -0.05) is 36.9 Å². The molecule has 0 aromatic carbocycles. The van der Waals surface area contributed by atoms with Crippen molar-refractivity contribution in [1.82, 2.24) is 14.5 Å². The van der Waals surface area contributed by atoms with Gasteiger partial charge in [0.2, 0.25) is 21.1 Å². The van der Waals surface area contributed by atoms with Crippen LogP contribution in [-0.2, 0) is 14.8 Å². The van der Waals surface area contributed by atoms with Crippen molar-refractivity contribution in [2.75, 3.05) is 24.7 Å². The largest absolute Gasteiger partial charge is 0.300 e. The van der Waals surface area contributed by atoms with Crippen LogP contribution < -0.4 is 5.32 Å². The molecule has 2 rings (SSSR count). The Bertz CT molecular complexity index is 629. The van der Waals surface area contributed by atoms with Crippen LogP contribution in [0.15, 0.2) is 4.34 Å². The van der Waals surface area contributed by atoms with Crippen molar-refractivity contribution in [3.8, 4) is 0 Å². The van der Waals surface area contributed by atoms with Gasteiger partial charge in [0.15, 0.2) is 4.34 Å². The van der Waals surface area contributed by atoms with Gasteiger partial charge >= 0.3 is 0 Å². The number of anilines is 1. The van der Waals surface area contributed by atoms with E-state index in [0.29, 0.717) is 29.8 Å². The van der Waals surface area contributed by atoms with Gasteiger partial charge in [-0.15, -0.1) is 10.2 Å². The van der Waals surface area contributed by atoms with Gasteiger partial charge < -0.3 is 5.32 Å². The van der Waals surface area contributed by atoms with Crippen LogP contribution in [0.5, 0.6) is 0 Å². The third-order valence-electron chi connectivity index (χ3n) is 3.20. The van der Waals surface area contributed by atoms with Gasteiger partial charge in [-0.2, -0.15) is 0 Å². The first kappa shape index (κ1) is 17.6. The number of nitrogens with zero attached hydrogens (tertiary/aromatic N) is 3. The van der Waals surface area contributed by atoms with Crippen molar-refractivity contribution in [2.45, 2.75) is 36.3 Å². The Labute approximate surface area is 138 Å². The van der Waals surface area contributed by atoms with Gasteiger partial charge in [0.05, 0.1) is 12.2 Å². The summed E-state index contributed by atoms with van der Waals surface area (Å²) < 4.78 is 25.4. The highest BCUT2D eigenvalue weighted by Crippen LogP contribution is 2.29. The summed E-state index contributed by atoms with van der Waals surface area (Å²) in [5.74, 6) is -0.529. The minimum Gasteiger partial charge on any atom is -0.300 e. The van der Waals surface area contributed by atoms with Gasteiger partial charge in [0.1, 0.15) is 0 Å². The third kappa shape index (κ3) is 4.90. The molecule has 1 fully saturated rings. The second kappa shape index (κ2) is 7.24. The third-order valence-corrected chi connectivity index (χ3v) is 6.39. The van der Waals surface area contributed by atoms with Crippen molar-refractivity contribution in [1.29, 1.82) is 0 Å². The predicted octanol–water partition coefficient (Wildman–Crippen LogP) is 1.65. The summed E-state index contributed by atoms with van der Waals surface area (Å²) >= 11 is 2.93. The normalized spacial score (nSPS) is 20.3. The maximum Gasteiger partial charge on any atom is 0.230 e. The number of piperidine rings is 1. The Hall–Kier alpha value is -0.710. The Kier molecular flexibility index (Phi) is 5.81. The maximum atomic E-state index is 12.3. The molecule has 1 unspecified atom stereocenters. The van der Waals surface area contributed by atoms with E-state index in [1.54, 1.807) is 11.8 Å². The maximum absolute atomic E-state index is 12.3. The molecule has 0 saturated carbocycles.